The highest BCUT2D eigenvalue weighted by Gasteiger charge is 2.24. The number of aryl methyl sites for hydroxylation is 1. The Balaban J connectivity index is 1.68. The van der Waals surface area contributed by atoms with Crippen LogP contribution in [0.5, 0.6) is 0 Å². The summed E-state index contributed by atoms with van der Waals surface area (Å²) < 4.78 is 4.49. The van der Waals surface area contributed by atoms with Crippen LogP contribution in [0, 0.1) is 13.8 Å². The fraction of sp³-hybridized carbons (Fsp3) is 0.400. The molecule has 6 nitrogen and oxygen atoms in total. The molecule has 21 heavy (non-hydrogen) atoms. The van der Waals surface area contributed by atoms with Crippen molar-refractivity contribution in [2.24, 2.45) is 0 Å². The van der Waals surface area contributed by atoms with Gasteiger partial charge in [-0.15, -0.1) is 0 Å². The first-order valence-corrected chi connectivity index (χ1v) is 7.05. The number of anilines is 1. The highest BCUT2D eigenvalue weighted by molar-refractivity contribution is 5.92. The average molecular weight is 286 g/mol. The molecule has 0 N–H and O–H groups in total. The number of carbonyl (C=O) groups excluding carboxylic acids is 1. The van der Waals surface area contributed by atoms with E-state index in [1.807, 2.05) is 0 Å². The fourth-order valence-corrected chi connectivity index (χ4v) is 2.65. The molecule has 1 amide bonds. The van der Waals surface area contributed by atoms with Crippen LogP contribution in [0.25, 0.3) is 0 Å². The van der Waals surface area contributed by atoms with E-state index in [0.29, 0.717) is 13.1 Å². The van der Waals surface area contributed by atoms with Gasteiger partial charge < -0.3 is 9.80 Å². The van der Waals surface area contributed by atoms with E-state index in [2.05, 4.69) is 51.9 Å². The Hall–Kier alpha value is -2.37. The van der Waals surface area contributed by atoms with E-state index in [0.717, 1.165) is 13.1 Å². The SMILES string of the molecule is Cc1cccc(N2CCN(C(=O)c3cnon3)CC2)c1C. The molecule has 0 saturated carbocycles. The summed E-state index contributed by atoms with van der Waals surface area (Å²) >= 11 is 0. The number of hydrogen-bond donors (Lipinski definition) is 0. The largest absolute Gasteiger partial charge is 0.368 e. The number of aromatic nitrogens is 2. The molecule has 0 radical (unpaired) electrons. The standard InChI is InChI=1S/C15H18N4O2/c1-11-4-3-5-14(12(11)2)18-6-8-19(9-7-18)15(20)13-10-16-21-17-13/h3-5,10H,6-9H2,1-2H3. The number of amides is 1. The van der Waals surface area contributed by atoms with Crippen molar-refractivity contribution in [3.05, 3.63) is 41.2 Å². The van der Waals surface area contributed by atoms with Crippen molar-refractivity contribution in [2.45, 2.75) is 13.8 Å². The van der Waals surface area contributed by atoms with Gasteiger partial charge in [0.2, 0.25) is 0 Å². The van der Waals surface area contributed by atoms with Crippen molar-refractivity contribution < 1.29 is 9.42 Å². The topological polar surface area (TPSA) is 62.5 Å². The van der Waals surface area contributed by atoms with Crippen molar-refractivity contribution in [3.63, 3.8) is 0 Å². The first-order valence-electron chi connectivity index (χ1n) is 7.05. The number of rotatable bonds is 2. The third-order valence-electron chi connectivity index (χ3n) is 4.06. The van der Waals surface area contributed by atoms with Crippen LogP contribution >= 0.6 is 0 Å². The third kappa shape index (κ3) is 2.61. The van der Waals surface area contributed by atoms with Crippen molar-refractivity contribution >= 4 is 11.6 Å². The lowest BCUT2D eigenvalue weighted by atomic mass is 10.1. The summed E-state index contributed by atoms with van der Waals surface area (Å²) in [5.74, 6) is -0.114. The summed E-state index contributed by atoms with van der Waals surface area (Å²) in [6.07, 6.45) is 1.36. The van der Waals surface area contributed by atoms with Gasteiger partial charge >= 0.3 is 0 Å². The molecule has 2 heterocycles. The summed E-state index contributed by atoms with van der Waals surface area (Å²) in [7, 11) is 0. The van der Waals surface area contributed by atoms with Crippen molar-refractivity contribution in [1.29, 1.82) is 0 Å². The number of carbonyl (C=O) groups is 1. The first-order chi connectivity index (χ1) is 10.2. The summed E-state index contributed by atoms with van der Waals surface area (Å²) in [6, 6.07) is 6.34. The number of nitrogens with zero attached hydrogens (tertiary/aromatic N) is 4. The lowest BCUT2D eigenvalue weighted by Gasteiger charge is -2.36. The predicted molar refractivity (Wildman–Crippen MR) is 78.3 cm³/mol. The molecule has 1 fully saturated rings. The molecule has 1 aromatic heterocycles. The fourth-order valence-electron chi connectivity index (χ4n) is 2.65. The molecule has 0 atom stereocenters. The van der Waals surface area contributed by atoms with Gasteiger partial charge in [-0.3, -0.25) is 4.79 Å². The van der Waals surface area contributed by atoms with Crippen LogP contribution in [0.15, 0.2) is 29.0 Å². The molecule has 110 valence electrons. The normalized spacial score (nSPS) is 15.3. The molecule has 1 aliphatic heterocycles. The van der Waals surface area contributed by atoms with Gasteiger partial charge in [-0.25, -0.2) is 4.63 Å². The number of benzene rings is 1. The highest BCUT2D eigenvalue weighted by Crippen LogP contribution is 2.24. The Kier molecular flexibility index (Phi) is 3.60. The van der Waals surface area contributed by atoms with E-state index >= 15 is 0 Å². The van der Waals surface area contributed by atoms with Gasteiger partial charge in [0, 0.05) is 31.9 Å². The van der Waals surface area contributed by atoms with Crippen LogP contribution in [0.3, 0.4) is 0 Å². The minimum absolute atomic E-state index is 0.114. The summed E-state index contributed by atoms with van der Waals surface area (Å²) in [5.41, 5.74) is 4.12. The molecule has 1 aliphatic rings. The molecule has 6 heteroatoms. The van der Waals surface area contributed by atoms with Crippen LogP contribution in [-0.4, -0.2) is 47.3 Å². The van der Waals surface area contributed by atoms with Crippen LogP contribution in [0.2, 0.25) is 0 Å². The Morgan fingerprint density at radius 1 is 1.19 bits per heavy atom. The number of hydrogen-bond acceptors (Lipinski definition) is 5. The average Bonchev–Trinajstić information content (AvgIpc) is 3.04. The van der Waals surface area contributed by atoms with Gasteiger partial charge in [-0.1, -0.05) is 17.3 Å². The molecule has 1 aromatic carbocycles. The number of piperazine rings is 1. The maximum absolute atomic E-state index is 12.2. The Morgan fingerprint density at radius 3 is 2.62 bits per heavy atom. The Morgan fingerprint density at radius 2 is 1.95 bits per heavy atom. The maximum Gasteiger partial charge on any atom is 0.277 e. The van der Waals surface area contributed by atoms with E-state index < -0.39 is 0 Å². The summed E-state index contributed by atoms with van der Waals surface area (Å²) in [5, 5.41) is 7.08. The van der Waals surface area contributed by atoms with Crippen LogP contribution < -0.4 is 4.90 Å². The molecule has 1 saturated heterocycles. The molecule has 0 bridgehead atoms. The van der Waals surface area contributed by atoms with E-state index in [9.17, 15) is 4.79 Å². The summed E-state index contributed by atoms with van der Waals surface area (Å²) in [6.45, 7) is 7.26. The lowest BCUT2D eigenvalue weighted by molar-refractivity contribution is 0.0735. The molecule has 0 aliphatic carbocycles. The molecule has 0 unspecified atom stereocenters. The van der Waals surface area contributed by atoms with Crippen LogP contribution in [0.4, 0.5) is 5.69 Å². The molecule has 0 spiro atoms. The Bertz CT molecular complexity index is 631. The van der Waals surface area contributed by atoms with E-state index in [-0.39, 0.29) is 11.6 Å². The zero-order chi connectivity index (χ0) is 14.8. The van der Waals surface area contributed by atoms with Crippen molar-refractivity contribution in [2.75, 3.05) is 31.1 Å². The van der Waals surface area contributed by atoms with Gasteiger partial charge in [0.15, 0.2) is 5.69 Å². The quantitative estimate of drug-likeness (QED) is 0.840. The van der Waals surface area contributed by atoms with Gasteiger partial charge in [-0.2, -0.15) is 0 Å². The van der Waals surface area contributed by atoms with Crippen molar-refractivity contribution in [1.82, 2.24) is 15.2 Å². The summed E-state index contributed by atoms with van der Waals surface area (Å²) in [4.78, 5) is 16.3. The zero-order valence-corrected chi connectivity index (χ0v) is 12.2. The minimum atomic E-state index is -0.114. The third-order valence-corrected chi connectivity index (χ3v) is 4.06. The maximum atomic E-state index is 12.2. The molecule has 3 rings (SSSR count). The molecule has 2 aromatic rings. The smallest absolute Gasteiger partial charge is 0.277 e. The monoisotopic (exact) mass is 286 g/mol. The van der Waals surface area contributed by atoms with Crippen LogP contribution in [0.1, 0.15) is 21.6 Å². The van der Waals surface area contributed by atoms with E-state index in [1.54, 1.807) is 4.90 Å². The lowest BCUT2D eigenvalue weighted by Crippen LogP contribution is -2.49. The molecular formula is C15H18N4O2. The van der Waals surface area contributed by atoms with Crippen molar-refractivity contribution in [3.8, 4) is 0 Å². The van der Waals surface area contributed by atoms with Crippen LogP contribution in [-0.2, 0) is 0 Å². The second kappa shape index (κ2) is 5.55. The van der Waals surface area contributed by atoms with Gasteiger partial charge in [0.1, 0.15) is 6.20 Å². The highest BCUT2D eigenvalue weighted by atomic mass is 16.6. The first kappa shape index (κ1) is 13.6. The Labute approximate surface area is 123 Å². The minimum Gasteiger partial charge on any atom is -0.368 e. The van der Waals surface area contributed by atoms with Gasteiger partial charge in [0.05, 0.1) is 0 Å². The predicted octanol–water partition coefficient (Wildman–Crippen LogP) is 1.65. The second-order valence-corrected chi connectivity index (χ2v) is 5.29. The van der Waals surface area contributed by atoms with Gasteiger partial charge in [-0.05, 0) is 36.2 Å². The second-order valence-electron chi connectivity index (χ2n) is 5.29. The van der Waals surface area contributed by atoms with E-state index in [4.69, 9.17) is 0 Å². The zero-order valence-electron chi connectivity index (χ0n) is 12.2. The van der Waals surface area contributed by atoms with E-state index in [1.165, 1.54) is 23.0 Å². The van der Waals surface area contributed by atoms with Gasteiger partial charge in [0.25, 0.3) is 5.91 Å². The molecular weight excluding hydrogens is 268 g/mol.